The lowest BCUT2D eigenvalue weighted by Gasteiger charge is -2.37. The molecule has 4 rings (SSSR count). The van der Waals surface area contributed by atoms with Crippen LogP contribution in [0.15, 0.2) is 60.7 Å². The zero-order valence-electron chi connectivity index (χ0n) is 20.9. The number of carbonyl (C=O) groups is 1. The molecule has 0 saturated carbocycles. The van der Waals surface area contributed by atoms with Gasteiger partial charge in [-0.15, -0.1) is 0 Å². The quantitative estimate of drug-likeness (QED) is 0.435. The van der Waals surface area contributed by atoms with E-state index in [1.165, 1.54) is 5.56 Å². The third-order valence-electron chi connectivity index (χ3n) is 6.58. The Kier molecular flexibility index (Phi) is 7.80. The van der Waals surface area contributed by atoms with Crippen LogP contribution in [0.1, 0.15) is 35.2 Å². The van der Waals surface area contributed by atoms with E-state index in [2.05, 4.69) is 19.1 Å². The Bertz CT molecular complexity index is 1140. The minimum Gasteiger partial charge on any atom is -0.497 e. The molecule has 1 aliphatic rings. The van der Waals surface area contributed by atoms with Gasteiger partial charge in [0.25, 0.3) is 0 Å². The van der Waals surface area contributed by atoms with Crippen molar-refractivity contribution in [1.82, 2.24) is 4.90 Å². The third kappa shape index (κ3) is 5.53. The van der Waals surface area contributed by atoms with E-state index in [1.54, 1.807) is 21.3 Å². The molecule has 0 fully saturated rings. The number of carbonyl (C=O) groups excluding carboxylic acids is 1. The molecule has 0 aliphatic carbocycles. The molecule has 1 atom stereocenters. The Labute approximate surface area is 207 Å². The van der Waals surface area contributed by atoms with Crippen LogP contribution in [0, 0.1) is 0 Å². The molecule has 35 heavy (non-hydrogen) atoms. The van der Waals surface area contributed by atoms with Crippen molar-refractivity contribution in [2.24, 2.45) is 0 Å². The molecule has 0 bridgehead atoms. The van der Waals surface area contributed by atoms with Crippen LogP contribution < -0.4 is 18.9 Å². The maximum absolute atomic E-state index is 13.5. The summed E-state index contributed by atoms with van der Waals surface area (Å²) >= 11 is 0. The Balaban J connectivity index is 1.61. The molecule has 0 radical (unpaired) electrons. The number of rotatable bonds is 9. The highest BCUT2D eigenvalue weighted by Gasteiger charge is 2.32. The first-order chi connectivity index (χ1) is 17.1. The minimum atomic E-state index is -0.241. The van der Waals surface area contributed by atoms with Gasteiger partial charge in [-0.3, -0.25) is 4.79 Å². The van der Waals surface area contributed by atoms with E-state index in [1.807, 2.05) is 53.4 Å². The first-order valence-electron chi connectivity index (χ1n) is 11.9. The third-order valence-corrected chi connectivity index (χ3v) is 6.58. The van der Waals surface area contributed by atoms with Gasteiger partial charge in [0.1, 0.15) is 18.1 Å². The predicted octanol–water partition coefficient (Wildman–Crippen LogP) is 5.02. The van der Waals surface area contributed by atoms with Crippen molar-refractivity contribution in [3.05, 3.63) is 82.9 Å². The highest BCUT2D eigenvalue weighted by molar-refractivity contribution is 5.80. The summed E-state index contributed by atoms with van der Waals surface area (Å²) < 4.78 is 22.5. The van der Waals surface area contributed by atoms with Crippen LogP contribution in [0.3, 0.4) is 0 Å². The number of fused-ring (bicyclic) bond motifs is 1. The normalized spacial score (nSPS) is 14.7. The Hall–Kier alpha value is -3.67. The van der Waals surface area contributed by atoms with Crippen LogP contribution in [0.4, 0.5) is 0 Å². The fourth-order valence-corrected chi connectivity index (χ4v) is 4.52. The summed E-state index contributed by atoms with van der Waals surface area (Å²) in [4.78, 5) is 15.4. The van der Waals surface area contributed by atoms with Gasteiger partial charge in [0.05, 0.1) is 33.8 Å². The predicted molar refractivity (Wildman–Crippen MR) is 136 cm³/mol. The van der Waals surface area contributed by atoms with Crippen LogP contribution in [-0.2, 0) is 24.1 Å². The second kappa shape index (κ2) is 11.2. The molecule has 3 aromatic carbocycles. The van der Waals surface area contributed by atoms with E-state index >= 15 is 0 Å². The van der Waals surface area contributed by atoms with Crippen LogP contribution in [0.25, 0.3) is 0 Å². The number of aryl methyl sites for hydroxylation is 1. The van der Waals surface area contributed by atoms with E-state index in [0.717, 1.165) is 41.0 Å². The molecule has 0 unspecified atom stereocenters. The number of ether oxygens (including phenoxy) is 4. The van der Waals surface area contributed by atoms with Crippen LogP contribution >= 0.6 is 0 Å². The summed E-state index contributed by atoms with van der Waals surface area (Å²) in [6, 6.07) is 19.5. The molecule has 3 aromatic rings. The molecule has 184 valence electrons. The highest BCUT2D eigenvalue weighted by Crippen LogP contribution is 2.38. The van der Waals surface area contributed by atoms with Gasteiger partial charge in [-0.25, -0.2) is 0 Å². The Morgan fingerprint density at radius 3 is 2.11 bits per heavy atom. The zero-order chi connectivity index (χ0) is 24.8. The summed E-state index contributed by atoms with van der Waals surface area (Å²) in [5.74, 6) is 2.96. The second-order valence-electron chi connectivity index (χ2n) is 8.59. The van der Waals surface area contributed by atoms with Gasteiger partial charge in [-0.2, -0.15) is 0 Å². The first-order valence-corrected chi connectivity index (χ1v) is 11.9. The molecule has 0 N–H and O–H groups in total. The summed E-state index contributed by atoms with van der Waals surface area (Å²) in [7, 11) is 4.90. The van der Waals surface area contributed by atoms with Crippen molar-refractivity contribution in [2.75, 3.05) is 34.5 Å². The number of hydrogen-bond acceptors (Lipinski definition) is 5. The Morgan fingerprint density at radius 1 is 0.857 bits per heavy atom. The van der Waals surface area contributed by atoms with Gasteiger partial charge in [-0.05, 0) is 71.5 Å². The number of amides is 1. The number of methoxy groups -OCH3 is 3. The number of nitrogens with zero attached hydrogens (tertiary/aromatic N) is 1. The fourth-order valence-electron chi connectivity index (χ4n) is 4.52. The molecule has 1 heterocycles. The fraction of sp³-hybridized carbons (Fsp3) is 0.345. The lowest BCUT2D eigenvalue weighted by molar-refractivity contribution is -0.134. The number of benzene rings is 3. The SMILES string of the molecule is CCc1ccc(OC[C@H]2c3cc(OC)c(OC)cc3CCN2C(=O)Cc2ccc(OC)cc2)cc1. The summed E-state index contributed by atoms with van der Waals surface area (Å²) in [6.45, 7) is 3.09. The average molecular weight is 476 g/mol. The van der Waals surface area contributed by atoms with Crippen molar-refractivity contribution in [3.8, 4) is 23.0 Å². The highest BCUT2D eigenvalue weighted by atomic mass is 16.5. The van der Waals surface area contributed by atoms with Crippen molar-refractivity contribution < 1.29 is 23.7 Å². The van der Waals surface area contributed by atoms with Crippen molar-refractivity contribution in [3.63, 3.8) is 0 Å². The molecule has 1 amide bonds. The monoisotopic (exact) mass is 475 g/mol. The van der Waals surface area contributed by atoms with E-state index in [0.29, 0.717) is 31.1 Å². The zero-order valence-corrected chi connectivity index (χ0v) is 20.9. The number of hydrogen-bond donors (Lipinski definition) is 0. The standard InChI is InChI=1S/C29H33NO5/c1-5-20-6-12-24(13-7-20)35-19-26-25-18-28(34-4)27(33-3)17-22(25)14-15-30(26)29(31)16-21-8-10-23(32-2)11-9-21/h6-13,17-18,26H,5,14-16,19H2,1-4H3/t26-/m0/s1. The molecular formula is C29H33NO5. The van der Waals surface area contributed by atoms with Crippen LogP contribution in [0.5, 0.6) is 23.0 Å². The topological polar surface area (TPSA) is 57.2 Å². The van der Waals surface area contributed by atoms with E-state index in [-0.39, 0.29) is 11.9 Å². The minimum absolute atomic E-state index is 0.0607. The molecule has 0 aromatic heterocycles. The van der Waals surface area contributed by atoms with Gasteiger partial charge >= 0.3 is 0 Å². The molecule has 0 saturated heterocycles. The summed E-state index contributed by atoms with van der Waals surface area (Å²) in [6.07, 6.45) is 2.03. The van der Waals surface area contributed by atoms with Crippen molar-refractivity contribution >= 4 is 5.91 Å². The second-order valence-corrected chi connectivity index (χ2v) is 8.59. The lowest BCUT2D eigenvalue weighted by atomic mass is 9.91. The smallest absolute Gasteiger partial charge is 0.227 e. The largest absolute Gasteiger partial charge is 0.497 e. The van der Waals surface area contributed by atoms with Crippen molar-refractivity contribution in [2.45, 2.75) is 32.2 Å². The van der Waals surface area contributed by atoms with Gasteiger partial charge in [0.15, 0.2) is 11.5 Å². The average Bonchev–Trinajstić information content (AvgIpc) is 2.91. The molecule has 6 nitrogen and oxygen atoms in total. The lowest BCUT2D eigenvalue weighted by Crippen LogP contribution is -2.43. The maximum atomic E-state index is 13.5. The van der Waals surface area contributed by atoms with Gasteiger partial charge in [0, 0.05) is 6.54 Å². The van der Waals surface area contributed by atoms with Gasteiger partial charge in [0.2, 0.25) is 5.91 Å². The summed E-state index contributed by atoms with van der Waals surface area (Å²) in [5.41, 5.74) is 4.38. The van der Waals surface area contributed by atoms with Crippen LogP contribution in [-0.4, -0.2) is 45.3 Å². The molecule has 6 heteroatoms. The maximum Gasteiger partial charge on any atom is 0.227 e. The van der Waals surface area contributed by atoms with Crippen LogP contribution in [0.2, 0.25) is 0 Å². The van der Waals surface area contributed by atoms with E-state index < -0.39 is 0 Å². The van der Waals surface area contributed by atoms with Crippen molar-refractivity contribution in [1.29, 1.82) is 0 Å². The van der Waals surface area contributed by atoms with E-state index in [4.69, 9.17) is 18.9 Å². The molecule has 1 aliphatic heterocycles. The van der Waals surface area contributed by atoms with E-state index in [9.17, 15) is 4.79 Å². The molecular weight excluding hydrogens is 442 g/mol. The molecule has 0 spiro atoms. The van der Waals surface area contributed by atoms with Gasteiger partial charge < -0.3 is 23.8 Å². The Morgan fingerprint density at radius 2 is 1.49 bits per heavy atom. The summed E-state index contributed by atoms with van der Waals surface area (Å²) in [5, 5.41) is 0. The first kappa shape index (κ1) is 24.5. The van der Waals surface area contributed by atoms with Gasteiger partial charge in [-0.1, -0.05) is 31.2 Å².